The number of likely N-dealkylation sites (tertiary alicyclic amines) is 1. The van der Waals surface area contributed by atoms with Crippen LogP contribution in [0.3, 0.4) is 0 Å². The van der Waals surface area contributed by atoms with Crippen molar-refractivity contribution in [2.45, 2.75) is 51.1 Å². The zero-order valence-electron chi connectivity index (χ0n) is 17.2. The number of anilines is 1. The molecule has 1 fully saturated rings. The summed E-state index contributed by atoms with van der Waals surface area (Å²) in [4.78, 5) is 50.7. The van der Waals surface area contributed by atoms with Crippen molar-refractivity contribution in [3.8, 4) is 6.07 Å². The predicted molar refractivity (Wildman–Crippen MR) is 108 cm³/mol. The minimum atomic E-state index is -1.19. The van der Waals surface area contributed by atoms with Gasteiger partial charge in [0.15, 0.2) is 0 Å². The largest absolute Gasteiger partial charge is 0.361 e. The first kappa shape index (κ1) is 21.3. The van der Waals surface area contributed by atoms with Gasteiger partial charge in [0.2, 0.25) is 11.8 Å². The Kier molecular flexibility index (Phi) is 5.29. The molecule has 9 heteroatoms. The Morgan fingerprint density at radius 3 is 2.63 bits per heavy atom. The molecule has 2 heterocycles. The van der Waals surface area contributed by atoms with Gasteiger partial charge in [0.25, 0.3) is 0 Å². The van der Waals surface area contributed by atoms with E-state index >= 15 is 0 Å². The number of hydrogen-bond acceptors (Lipinski definition) is 5. The first-order valence-electron chi connectivity index (χ1n) is 9.70. The van der Waals surface area contributed by atoms with Gasteiger partial charge in [-0.15, -0.1) is 0 Å². The van der Waals surface area contributed by atoms with Crippen LogP contribution in [0.25, 0.3) is 0 Å². The zero-order chi connectivity index (χ0) is 22.3. The molecule has 158 valence electrons. The molecule has 0 saturated carbocycles. The summed E-state index contributed by atoms with van der Waals surface area (Å²) in [6.07, 6.45) is 0.388. The van der Waals surface area contributed by atoms with Crippen LogP contribution in [0.1, 0.15) is 39.2 Å². The molecule has 0 unspecified atom stereocenters. The Bertz CT molecular complexity index is 961. The fourth-order valence-electron chi connectivity index (χ4n) is 4.23. The molecule has 9 nitrogen and oxygen atoms in total. The van der Waals surface area contributed by atoms with Crippen molar-refractivity contribution in [3.63, 3.8) is 0 Å². The fourth-order valence-corrected chi connectivity index (χ4v) is 4.23. The van der Waals surface area contributed by atoms with Gasteiger partial charge in [-0.05, 0) is 23.5 Å². The van der Waals surface area contributed by atoms with Crippen molar-refractivity contribution in [1.82, 2.24) is 10.2 Å². The number of amides is 4. The van der Waals surface area contributed by atoms with E-state index in [0.29, 0.717) is 5.69 Å². The summed E-state index contributed by atoms with van der Waals surface area (Å²) in [5.74, 6) is -3.03. The maximum Gasteiger partial charge on any atom is 0.309 e. The summed E-state index contributed by atoms with van der Waals surface area (Å²) >= 11 is 0. The summed E-state index contributed by atoms with van der Waals surface area (Å²) in [5.41, 5.74) is 5.08. The standard InChI is InChI=1S/C21H25N5O4/c1-20(2,3)9-15(24-17(28)16(23)27)18(29)26-11-21(8-12(26)10-22)13-6-4-5-7-14(13)25-19(21)30/h4-7,12,15H,8-9,11H2,1-3H3,(H2,23,27)(H,24,28)(H,25,30)/t12-,15-,21-/m0/s1. The highest BCUT2D eigenvalue weighted by Gasteiger charge is 2.56. The molecule has 3 atom stereocenters. The van der Waals surface area contributed by atoms with E-state index in [1.807, 2.05) is 32.9 Å². The lowest BCUT2D eigenvalue weighted by atomic mass is 9.80. The van der Waals surface area contributed by atoms with E-state index in [1.165, 1.54) is 4.90 Å². The lowest BCUT2D eigenvalue weighted by Crippen LogP contribution is -2.54. The molecule has 1 aromatic carbocycles. The normalized spacial score (nSPS) is 23.5. The molecule has 0 aliphatic carbocycles. The van der Waals surface area contributed by atoms with E-state index in [9.17, 15) is 24.4 Å². The van der Waals surface area contributed by atoms with Crippen LogP contribution in [0.2, 0.25) is 0 Å². The van der Waals surface area contributed by atoms with Gasteiger partial charge in [-0.2, -0.15) is 5.26 Å². The number of nitrogens with one attached hydrogen (secondary N) is 2. The number of hydrogen-bond donors (Lipinski definition) is 3. The van der Waals surface area contributed by atoms with Crippen LogP contribution < -0.4 is 16.4 Å². The van der Waals surface area contributed by atoms with Crippen molar-refractivity contribution in [1.29, 1.82) is 5.26 Å². The smallest absolute Gasteiger partial charge is 0.309 e. The van der Waals surface area contributed by atoms with E-state index in [1.54, 1.807) is 12.1 Å². The molecule has 4 N–H and O–H groups in total. The average Bonchev–Trinajstić information content (AvgIpc) is 3.18. The van der Waals surface area contributed by atoms with Gasteiger partial charge in [-0.1, -0.05) is 39.0 Å². The lowest BCUT2D eigenvalue weighted by molar-refractivity contribution is -0.141. The molecule has 2 aliphatic rings. The number of carbonyl (C=O) groups is 4. The van der Waals surface area contributed by atoms with Crippen LogP contribution in [0.5, 0.6) is 0 Å². The minimum absolute atomic E-state index is 0.0139. The van der Waals surface area contributed by atoms with Gasteiger partial charge < -0.3 is 21.3 Å². The molecule has 4 amide bonds. The number of carbonyl (C=O) groups excluding carboxylic acids is 4. The molecule has 1 saturated heterocycles. The van der Waals surface area contributed by atoms with Gasteiger partial charge in [0.1, 0.15) is 12.1 Å². The van der Waals surface area contributed by atoms with Crippen LogP contribution in [0.4, 0.5) is 5.69 Å². The third-order valence-electron chi connectivity index (χ3n) is 5.56. The fraction of sp³-hybridized carbons (Fsp3) is 0.476. The van der Waals surface area contributed by atoms with Crippen LogP contribution in [0, 0.1) is 16.7 Å². The van der Waals surface area contributed by atoms with Crippen LogP contribution >= 0.6 is 0 Å². The third kappa shape index (κ3) is 3.73. The summed E-state index contributed by atoms with van der Waals surface area (Å²) in [6.45, 7) is 5.67. The zero-order valence-corrected chi connectivity index (χ0v) is 17.2. The van der Waals surface area contributed by atoms with E-state index in [-0.39, 0.29) is 30.7 Å². The summed E-state index contributed by atoms with van der Waals surface area (Å²) < 4.78 is 0. The first-order valence-corrected chi connectivity index (χ1v) is 9.70. The second-order valence-corrected chi connectivity index (χ2v) is 9.05. The van der Waals surface area contributed by atoms with Gasteiger partial charge in [-0.3, -0.25) is 19.2 Å². The summed E-state index contributed by atoms with van der Waals surface area (Å²) in [5, 5.41) is 14.9. The van der Waals surface area contributed by atoms with Gasteiger partial charge >= 0.3 is 11.8 Å². The number of nitrogens with two attached hydrogens (primary N) is 1. The van der Waals surface area contributed by atoms with Crippen molar-refractivity contribution in [2.24, 2.45) is 11.1 Å². The predicted octanol–water partition coefficient (Wildman–Crippen LogP) is 0.407. The van der Waals surface area contributed by atoms with Crippen molar-refractivity contribution in [2.75, 3.05) is 11.9 Å². The highest BCUT2D eigenvalue weighted by molar-refractivity contribution is 6.34. The molecule has 3 rings (SSSR count). The monoisotopic (exact) mass is 411 g/mol. The van der Waals surface area contributed by atoms with Crippen molar-refractivity contribution in [3.05, 3.63) is 29.8 Å². The van der Waals surface area contributed by atoms with Gasteiger partial charge in [0, 0.05) is 18.7 Å². The molecule has 1 aromatic rings. The SMILES string of the molecule is CC(C)(C)C[C@H](NC(=O)C(N)=O)C(=O)N1C[C@]2(C[C@H]1C#N)C(=O)Nc1ccccc12. The molecular formula is C21H25N5O4. The second-order valence-electron chi connectivity index (χ2n) is 9.05. The minimum Gasteiger partial charge on any atom is -0.361 e. The Balaban J connectivity index is 1.94. The van der Waals surface area contributed by atoms with Gasteiger partial charge in [-0.25, -0.2) is 0 Å². The lowest BCUT2D eigenvalue weighted by Gasteiger charge is -2.30. The van der Waals surface area contributed by atoms with Crippen LogP contribution in [-0.2, 0) is 24.6 Å². The first-order chi connectivity index (χ1) is 14.0. The van der Waals surface area contributed by atoms with E-state index < -0.39 is 35.2 Å². The quantitative estimate of drug-likeness (QED) is 0.617. The van der Waals surface area contributed by atoms with Crippen LogP contribution in [0.15, 0.2) is 24.3 Å². The highest BCUT2D eigenvalue weighted by Crippen LogP contribution is 2.46. The Morgan fingerprint density at radius 1 is 1.37 bits per heavy atom. The van der Waals surface area contributed by atoms with E-state index in [4.69, 9.17) is 5.73 Å². The number of primary amides is 1. The average molecular weight is 411 g/mol. The summed E-state index contributed by atoms with van der Waals surface area (Å²) in [7, 11) is 0. The Labute approximate surface area is 174 Å². The number of nitrogens with zero attached hydrogens (tertiary/aromatic N) is 2. The maximum absolute atomic E-state index is 13.4. The molecule has 1 spiro atoms. The Hall–Kier alpha value is -3.41. The molecule has 0 bridgehead atoms. The number of fused-ring (bicyclic) bond motifs is 2. The molecule has 0 radical (unpaired) electrons. The highest BCUT2D eigenvalue weighted by atomic mass is 16.2. The van der Waals surface area contributed by atoms with Crippen molar-refractivity contribution < 1.29 is 19.2 Å². The van der Waals surface area contributed by atoms with E-state index in [2.05, 4.69) is 16.7 Å². The number of nitriles is 1. The maximum atomic E-state index is 13.4. The Morgan fingerprint density at radius 2 is 2.03 bits per heavy atom. The molecular weight excluding hydrogens is 386 g/mol. The summed E-state index contributed by atoms with van der Waals surface area (Å²) in [6, 6.07) is 7.43. The topological polar surface area (TPSA) is 145 Å². The van der Waals surface area contributed by atoms with Crippen molar-refractivity contribution >= 4 is 29.3 Å². The molecule has 30 heavy (non-hydrogen) atoms. The van der Waals surface area contributed by atoms with Gasteiger partial charge in [0.05, 0.1) is 11.5 Å². The number of para-hydroxylation sites is 1. The third-order valence-corrected chi connectivity index (χ3v) is 5.56. The number of benzene rings is 1. The second kappa shape index (κ2) is 7.44. The molecule has 0 aromatic heterocycles. The molecule has 2 aliphatic heterocycles. The van der Waals surface area contributed by atoms with E-state index in [0.717, 1.165) is 5.56 Å². The van der Waals surface area contributed by atoms with Crippen LogP contribution in [-0.4, -0.2) is 47.2 Å². The number of rotatable bonds is 3.